The third-order valence-corrected chi connectivity index (χ3v) is 4.33. The molecule has 0 aromatic heterocycles. The van der Waals surface area contributed by atoms with E-state index in [1.165, 1.54) is 5.56 Å². The lowest BCUT2D eigenvalue weighted by molar-refractivity contribution is 0.269. The van der Waals surface area contributed by atoms with Crippen molar-refractivity contribution in [1.82, 2.24) is 0 Å². The smallest absolute Gasteiger partial charge is 0.328 e. The molecule has 0 bridgehead atoms. The summed E-state index contributed by atoms with van der Waals surface area (Å²) in [4.78, 5) is 0. The number of hydrogen-bond acceptors (Lipinski definition) is 2. The van der Waals surface area contributed by atoms with Gasteiger partial charge in [-0.3, -0.25) is 0 Å². The van der Waals surface area contributed by atoms with Crippen molar-refractivity contribution >= 4 is 9.28 Å². The Morgan fingerprint density at radius 3 is 2.08 bits per heavy atom. The third-order valence-electron chi connectivity index (χ3n) is 2.20. The number of rotatable bonds is 4. The first kappa shape index (κ1) is 10.4. The Kier molecular flexibility index (Phi) is 4.15. The van der Waals surface area contributed by atoms with E-state index in [4.69, 9.17) is 8.85 Å². The summed E-state index contributed by atoms with van der Waals surface area (Å²) in [5.41, 5.74) is 1.69. The molecule has 0 saturated carbocycles. The van der Waals surface area contributed by atoms with E-state index in [1.807, 2.05) is 18.2 Å². The average Bonchev–Trinajstić information content (AvgIpc) is 2.21. The van der Waals surface area contributed by atoms with Gasteiger partial charge >= 0.3 is 9.28 Å². The van der Waals surface area contributed by atoms with Crippen LogP contribution in [0.25, 0.3) is 0 Å². The summed E-state index contributed by atoms with van der Waals surface area (Å²) in [5, 5.41) is 0. The summed E-state index contributed by atoms with van der Waals surface area (Å²) in [7, 11) is 1.93. The van der Waals surface area contributed by atoms with Gasteiger partial charge in [0.15, 0.2) is 0 Å². The number of hydrogen-bond donors (Lipinski definition) is 0. The van der Waals surface area contributed by atoms with Gasteiger partial charge in [-0.1, -0.05) is 37.3 Å². The summed E-state index contributed by atoms with van der Waals surface area (Å²) in [6, 6.07) is 10.3. The average molecular weight is 196 g/mol. The SMILES string of the molecule is CO[SiH](OC)C(C)c1ccccc1. The lowest BCUT2D eigenvalue weighted by Gasteiger charge is -2.18. The van der Waals surface area contributed by atoms with E-state index in [0.29, 0.717) is 5.54 Å². The van der Waals surface area contributed by atoms with Gasteiger partial charge < -0.3 is 8.85 Å². The number of benzene rings is 1. The van der Waals surface area contributed by atoms with E-state index in [9.17, 15) is 0 Å². The molecule has 0 aliphatic carbocycles. The first-order valence-electron chi connectivity index (χ1n) is 4.40. The molecular weight excluding hydrogens is 180 g/mol. The van der Waals surface area contributed by atoms with E-state index in [2.05, 4.69) is 19.1 Å². The maximum atomic E-state index is 5.33. The van der Waals surface area contributed by atoms with E-state index >= 15 is 0 Å². The maximum Gasteiger partial charge on any atom is 0.328 e. The van der Waals surface area contributed by atoms with Gasteiger partial charge in [-0.15, -0.1) is 0 Å². The molecule has 1 rings (SSSR count). The van der Waals surface area contributed by atoms with Gasteiger partial charge in [0.25, 0.3) is 0 Å². The van der Waals surface area contributed by atoms with Crippen molar-refractivity contribution in [2.75, 3.05) is 14.2 Å². The molecule has 0 amide bonds. The van der Waals surface area contributed by atoms with E-state index < -0.39 is 9.28 Å². The van der Waals surface area contributed by atoms with Gasteiger partial charge in [-0.05, 0) is 5.56 Å². The second-order valence-electron chi connectivity index (χ2n) is 3.04. The zero-order valence-electron chi connectivity index (χ0n) is 8.36. The Morgan fingerprint density at radius 2 is 1.62 bits per heavy atom. The molecule has 0 heterocycles. The highest BCUT2D eigenvalue weighted by Crippen LogP contribution is 2.18. The van der Waals surface area contributed by atoms with Crippen molar-refractivity contribution in [3.05, 3.63) is 35.9 Å². The van der Waals surface area contributed by atoms with Gasteiger partial charge in [0.2, 0.25) is 0 Å². The molecule has 72 valence electrons. The molecule has 13 heavy (non-hydrogen) atoms. The van der Waals surface area contributed by atoms with E-state index in [-0.39, 0.29) is 0 Å². The molecule has 0 N–H and O–H groups in total. The summed E-state index contributed by atoms with van der Waals surface area (Å²) < 4.78 is 10.7. The van der Waals surface area contributed by atoms with Crippen LogP contribution in [-0.4, -0.2) is 23.5 Å². The van der Waals surface area contributed by atoms with Crippen LogP contribution in [0.15, 0.2) is 30.3 Å². The van der Waals surface area contributed by atoms with Crippen molar-refractivity contribution in [1.29, 1.82) is 0 Å². The first-order valence-corrected chi connectivity index (χ1v) is 6.01. The summed E-state index contributed by atoms with van der Waals surface area (Å²) in [6.45, 7) is 2.15. The molecule has 1 aromatic rings. The molecule has 1 atom stereocenters. The zero-order valence-corrected chi connectivity index (χ0v) is 9.51. The van der Waals surface area contributed by atoms with Crippen LogP contribution >= 0.6 is 0 Å². The molecule has 1 aromatic carbocycles. The van der Waals surface area contributed by atoms with Gasteiger partial charge in [0.1, 0.15) is 0 Å². The fourth-order valence-corrected chi connectivity index (χ4v) is 2.96. The topological polar surface area (TPSA) is 18.5 Å². The quantitative estimate of drug-likeness (QED) is 0.684. The minimum absolute atomic E-state index is 0.399. The van der Waals surface area contributed by atoms with E-state index in [1.54, 1.807) is 14.2 Å². The Labute approximate surface area is 81.3 Å². The molecule has 1 unspecified atom stereocenters. The van der Waals surface area contributed by atoms with Crippen molar-refractivity contribution in [2.45, 2.75) is 12.5 Å². The highest BCUT2D eigenvalue weighted by atomic mass is 28.3. The van der Waals surface area contributed by atoms with Gasteiger partial charge in [0.05, 0.1) is 0 Å². The maximum absolute atomic E-state index is 5.33. The fourth-order valence-electron chi connectivity index (χ4n) is 1.42. The van der Waals surface area contributed by atoms with Crippen LogP contribution in [-0.2, 0) is 8.85 Å². The minimum atomic E-state index is -1.51. The molecule has 0 aliphatic rings. The van der Waals surface area contributed by atoms with Crippen molar-refractivity contribution < 1.29 is 8.85 Å². The Hall–Kier alpha value is -0.643. The van der Waals surface area contributed by atoms with Gasteiger partial charge in [0, 0.05) is 19.8 Å². The first-order chi connectivity index (χ1) is 6.29. The standard InChI is InChI=1S/C10H16O2Si/c1-9(13(11-2)12-3)10-7-5-4-6-8-10/h4-9,13H,1-3H3. The largest absolute Gasteiger partial charge is 0.400 e. The molecule has 3 heteroatoms. The van der Waals surface area contributed by atoms with Crippen molar-refractivity contribution in [2.24, 2.45) is 0 Å². The Balaban J connectivity index is 2.72. The minimum Gasteiger partial charge on any atom is -0.400 e. The van der Waals surface area contributed by atoms with Crippen molar-refractivity contribution in [3.63, 3.8) is 0 Å². The molecule has 2 nitrogen and oxygen atoms in total. The second-order valence-corrected chi connectivity index (χ2v) is 5.72. The third kappa shape index (κ3) is 2.65. The Bertz CT molecular complexity index is 234. The summed E-state index contributed by atoms with van der Waals surface area (Å²) in [5.74, 6) is 0. The van der Waals surface area contributed by atoms with Crippen LogP contribution in [0.4, 0.5) is 0 Å². The van der Waals surface area contributed by atoms with Crippen LogP contribution in [0.3, 0.4) is 0 Å². The van der Waals surface area contributed by atoms with Crippen molar-refractivity contribution in [3.8, 4) is 0 Å². The highest BCUT2D eigenvalue weighted by Gasteiger charge is 2.20. The molecular formula is C10H16O2Si. The predicted octanol–water partition coefficient (Wildman–Crippen LogP) is 1.84. The van der Waals surface area contributed by atoms with Crippen LogP contribution in [0, 0.1) is 0 Å². The molecule has 0 saturated heterocycles. The van der Waals surface area contributed by atoms with E-state index in [0.717, 1.165) is 0 Å². The van der Waals surface area contributed by atoms with Crippen LogP contribution < -0.4 is 0 Å². The highest BCUT2D eigenvalue weighted by molar-refractivity contribution is 6.46. The normalized spacial score (nSPS) is 13.2. The predicted molar refractivity (Wildman–Crippen MR) is 56.0 cm³/mol. The lowest BCUT2D eigenvalue weighted by Crippen LogP contribution is -2.26. The molecule has 0 spiro atoms. The Morgan fingerprint density at radius 1 is 1.08 bits per heavy atom. The van der Waals surface area contributed by atoms with Gasteiger partial charge in [-0.25, -0.2) is 0 Å². The lowest BCUT2D eigenvalue weighted by atomic mass is 10.2. The van der Waals surface area contributed by atoms with Crippen LogP contribution in [0.2, 0.25) is 0 Å². The van der Waals surface area contributed by atoms with Gasteiger partial charge in [-0.2, -0.15) is 0 Å². The monoisotopic (exact) mass is 196 g/mol. The molecule has 0 fully saturated rings. The molecule has 0 radical (unpaired) electrons. The fraction of sp³-hybridized carbons (Fsp3) is 0.400. The van der Waals surface area contributed by atoms with Crippen LogP contribution in [0.1, 0.15) is 18.0 Å². The second kappa shape index (κ2) is 5.17. The van der Waals surface area contributed by atoms with Crippen LogP contribution in [0.5, 0.6) is 0 Å². The summed E-state index contributed by atoms with van der Waals surface area (Å²) in [6.07, 6.45) is 0. The summed E-state index contributed by atoms with van der Waals surface area (Å²) >= 11 is 0. The molecule has 0 aliphatic heterocycles. The zero-order chi connectivity index (χ0) is 9.68.